The molecule has 1 unspecified atom stereocenters. The van der Waals surface area contributed by atoms with E-state index in [4.69, 9.17) is 4.52 Å². The van der Waals surface area contributed by atoms with E-state index in [-0.39, 0.29) is 5.91 Å². The van der Waals surface area contributed by atoms with Crippen LogP contribution in [0.2, 0.25) is 0 Å². The van der Waals surface area contributed by atoms with Gasteiger partial charge in [0.2, 0.25) is 5.89 Å². The van der Waals surface area contributed by atoms with Gasteiger partial charge in [0.1, 0.15) is 0 Å². The van der Waals surface area contributed by atoms with Crippen molar-refractivity contribution in [2.75, 3.05) is 13.1 Å². The number of hydrogen-bond acceptors (Lipinski definition) is 5. The summed E-state index contributed by atoms with van der Waals surface area (Å²) in [4.78, 5) is 19.3. The summed E-state index contributed by atoms with van der Waals surface area (Å²) in [6.07, 6.45) is 5.22. The molecular formula is C18H25N5O2. The van der Waals surface area contributed by atoms with Crippen molar-refractivity contribution in [3.63, 3.8) is 0 Å². The zero-order valence-corrected chi connectivity index (χ0v) is 15.2. The summed E-state index contributed by atoms with van der Waals surface area (Å²) in [6.45, 7) is 5.48. The van der Waals surface area contributed by atoms with Gasteiger partial charge in [-0.3, -0.25) is 9.48 Å². The Labute approximate surface area is 147 Å². The van der Waals surface area contributed by atoms with E-state index in [1.807, 2.05) is 25.8 Å². The molecule has 1 aliphatic heterocycles. The van der Waals surface area contributed by atoms with Crippen molar-refractivity contribution >= 4 is 5.91 Å². The molecule has 0 aromatic carbocycles. The van der Waals surface area contributed by atoms with Gasteiger partial charge in [0.15, 0.2) is 5.82 Å². The Hall–Kier alpha value is -2.18. The molecule has 7 nitrogen and oxygen atoms in total. The van der Waals surface area contributed by atoms with Crippen molar-refractivity contribution in [3.8, 4) is 0 Å². The first kappa shape index (κ1) is 16.3. The summed E-state index contributed by atoms with van der Waals surface area (Å²) in [6, 6.07) is 0. The summed E-state index contributed by atoms with van der Waals surface area (Å²) in [5, 5.41) is 8.45. The minimum atomic E-state index is 0.112. The Kier molecular flexibility index (Phi) is 4.09. The molecular weight excluding hydrogens is 318 g/mol. The lowest BCUT2D eigenvalue weighted by Gasteiger charge is -2.16. The Morgan fingerprint density at radius 2 is 2.08 bits per heavy atom. The maximum absolute atomic E-state index is 12.8. The molecule has 2 aliphatic rings. The molecule has 1 saturated heterocycles. The van der Waals surface area contributed by atoms with Crippen LogP contribution in [0, 0.1) is 19.8 Å². The maximum Gasteiger partial charge on any atom is 0.257 e. The SMILES string of the molecule is Cc1nn(C)c(C)c1C(=O)N1CCC(CCc2noc(C3CC3)n2)C1. The van der Waals surface area contributed by atoms with Gasteiger partial charge in [-0.25, -0.2) is 0 Å². The van der Waals surface area contributed by atoms with E-state index in [2.05, 4.69) is 15.2 Å². The number of carbonyl (C=O) groups is 1. The second-order valence-corrected chi connectivity index (χ2v) is 7.44. The van der Waals surface area contributed by atoms with Crippen molar-refractivity contribution in [2.24, 2.45) is 13.0 Å². The smallest absolute Gasteiger partial charge is 0.257 e. The molecule has 1 aliphatic carbocycles. The fourth-order valence-electron chi connectivity index (χ4n) is 3.69. The van der Waals surface area contributed by atoms with E-state index in [0.717, 1.165) is 61.0 Å². The van der Waals surface area contributed by atoms with Crippen LogP contribution in [0.25, 0.3) is 0 Å². The molecule has 25 heavy (non-hydrogen) atoms. The molecule has 3 heterocycles. The van der Waals surface area contributed by atoms with Crippen LogP contribution in [0.5, 0.6) is 0 Å². The highest BCUT2D eigenvalue weighted by molar-refractivity contribution is 5.96. The number of aryl methyl sites for hydroxylation is 3. The quantitative estimate of drug-likeness (QED) is 0.833. The summed E-state index contributed by atoms with van der Waals surface area (Å²) in [5.41, 5.74) is 2.51. The Morgan fingerprint density at radius 3 is 2.76 bits per heavy atom. The monoisotopic (exact) mass is 343 g/mol. The van der Waals surface area contributed by atoms with Crippen LogP contribution in [-0.2, 0) is 13.5 Å². The first-order valence-corrected chi connectivity index (χ1v) is 9.15. The molecule has 4 rings (SSSR count). The van der Waals surface area contributed by atoms with Gasteiger partial charge in [0.25, 0.3) is 5.91 Å². The number of nitrogens with zero attached hydrogens (tertiary/aromatic N) is 5. The molecule has 0 N–H and O–H groups in total. The topological polar surface area (TPSA) is 77.0 Å². The predicted molar refractivity (Wildman–Crippen MR) is 91.3 cm³/mol. The van der Waals surface area contributed by atoms with Gasteiger partial charge in [-0.2, -0.15) is 10.1 Å². The van der Waals surface area contributed by atoms with Crippen LogP contribution < -0.4 is 0 Å². The molecule has 0 spiro atoms. The van der Waals surface area contributed by atoms with Gasteiger partial charge < -0.3 is 9.42 Å². The highest BCUT2D eigenvalue weighted by Crippen LogP contribution is 2.39. The number of rotatable bonds is 5. The summed E-state index contributed by atoms with van der Waals surface area (Å²) >= 11 is 0. The van der Waals surface area contributed by atoms with Crippen molar-refractivity contribution in [1.82, 2.24) is 24.8 Å². The van der Waals surface area contributed by atoms with Crippen LogP contribution in [0.1, 0.15) is 65.1 Å². The van der Waals surface area contributed by atoms with Crippen LogP contribution in [0.3, 0.4) is 0 Å². The molecule has 1 saturated carbocycles. The largest absolute Gasteiger partial charge is 0.339 e. The Bertz CT molecular complexity index is 789. The van der Waals surface area contributed by atoms with Gasteiger partial charge in [-0.15, -0.1) is 0 Å². The molecule has 7 heteroatoms. The number of carbonyl (C=O) groups excluding carboxylic acids is 1. The van der Waals surface area contributed by atoms with Gasteiger partial charge in [0.05, 0.1) is 11.3 Å². The van der Waals surface area contributed by atoms with E-state index < -0.39 is 0 Å². The van der Waals surface area contributed by atoms with Gasteiger partial charge in [-0.1, -0.05) is 5.16 Å². The summed E-state index contributed by atoms with van der Waals surface area (Å²) in [5.74, 6) is 2.74. The second kappa shape index (κ2) is 6.28. The second-order valence-electron chi connectivity index (χ2n) is 7.44. The first-order valence-electron chi connectivity index (χ1n) is 9.15. The van der Waals surface area contributed by atoms with Crippen molar-refractivity contribution in [3.05, 3.63) is 28.7 Å². The average Bonchev–Trinajstić information content (AvgIpc) is 3.04. The molecule has 134 valence electrons. The summed E-state index contributed by atoms with van der Waals surface area (Å²) in [7, 11) is 1.88. The van der Waals surface area contributed by atoms with Crippen molar-refractivity contribution in [2.45, 2.75) is 51.9 Å². The van der Waals surface area contributed by atoms with Crippen molar-refractivity contribution in [1.29, 1.82) is 0 Å². The number of likely N-dealkylation sites (tertiary alicyclic amines) is 1. The van der Waals surface area contributed by atoms with E-state index in [1.54, 1.807) is 4.68 Å². The maximum atomic E-state index is 12.8. The van der Waals surface area contributed by atoms with Crippen LogP contribution in [0.4, 0.5) is 0 Å². The summed E-state index contributed by atoms with van der Waals surface area (Å²) < 4.78 is 7.10. The highest BCUT2D eigenvalue weighted by atomic mass is 16.5. The molecule has 0 radical (unpaired) electrons. The minimum absolute atomic E-state index is 0.112. The lowest BCUT2D eigenvalue weighted by molar-refractivity contribution is 0.0785. The number of aromatic nitrogens is 4. The first-order chi connectivity index (χ1) is 12.0. The molecule has 2 fully saturated rings. The number of amides is 1. The van der Waals surface area contributed by atoms with E-state index in [0.29, 0.717) is 11.8 Å². The number of hydrogen-bond donors (Lipinski definition) is 0. The predicted octanol–water partition coefficient (Wildman–Crippen LogP) is 2.39. The zero-order chi connectivity index (χ0) is 17.6. The van der Waals surface area contributed by atoms with E-state index >= 15 is 0 Å². The molecule has 2 aromatic rings. The standard InChI is InChI=1S/C18H25N5O2/c1-11-16(12(2)22(3)20-11)18(24)23-9-8-13(10-23)4-7-15-19-17(25-21-15)14-5-6-14/h13-14H,4-10H2,1-3H3. The fourth-order valence-corrected chi connectivity index (χ4v) is 3.69. The van der Waals surface area contributed by atoms with Crippen LogP contribution in [0.15, 0.2) is 4.52 Å². The van der Waals surface area contributed by atoms with Crippen LogP contribution in [-0.4, -0.2) is 43.8 Å². The lowest BCUT2D eigenvalue weighted by atomic mass is 10.0. The lowest BCUT2D eigenvalue weighted by Crippen LogP contribution is -2.29. The third-order valence-corrected chi connectivity index (χ3v) is 5.48. The van der Waals surface area contributed by atoms with Gasteiger partial charge in [-0.05, 0) is 45.4 Å². The van der Waals surface area contributed by atoms with Gasteiger partial charge >= 0.3 is 0 Å². The molecule has 1 amide bonds. The molecule has 2 aromatic heterocycles. The zero-order valence-electron chi connectivity index (χ0n) is 15.2. The molecule has 1 atom stereocenters. The van der Waals surface area contributed by atoms with E-state index in [1.165, 1.54) is 12.8 Å². The normalized spacial score (nSPS) is 20.4. The van der Waals surface area contributed by atoms with Crippen molar-refractivity contribution < 1.29 is 9.32 Å². The van der Waals surface area contributed by atoms with Gasteiger partial charge in [0, 0.05) is 38.2 Å². The Morgan fingerprint density at radius 1 is 1.28 bits per heavy atom. The third-order valence-electron chi connectivity index (χ3n) is 5.48. The van der Waals surface area contributed by atoms with E-state index in [9.17, 15) is 4.79 Å². The molecule has 0 bridgehead atoms. The average molecular weight is 343 g/mol. The van der Waals surface area contributed by atoms with Crippen LogP contribution >= 0.6 is 0 Å². The highest BCUT2D eigenvalue weighted by Gasteiger charge is 2.31. The minimum Gasteiger partial charge on any atom is -0.339 e. The third kappa shape index (κ3) is 3.19. The Balaban J connectivity index is 1.33. The fraction of sp³-hybridized carbons (Fsp3) is 0.667.